The van der Waals surface area contributed by atoms with E-state index in [9.17, 15) is 8.78 Å². The van der Waals surface area contributed by atoms with Crippen molar-refractivity contribution in [2.24, 2.45) is 5.92 Å². The summed E-state index contributed by atoms with van der Waals surface area (Å²) < 4.78 is 38.6. The van der Waals surface area contributed by atoms with Gasteiger partial charge in [-0.25, -0.2) is 8.78 Å². The Morgan fingerprint density at radius 3 is 2.86 bits per heavy atom. The number of halogens is 3. The molecule has 110 valence electrons. The number of nitrogens with zero attached hydrogens (tertiary/aromatic N) is 2. The summed E-state index contributed by atoms with van der Waals surface area (Å²) in [6.07, 6.45) is 1.03. The number of ether oxygens (including phenoxy) is 1. The number of aromatic nitrogens is 2. The van der Waals surface area contributed by atoms with Crippen molar-refractivity contribution in [1.29, 1.82) is 0 Å². The summed E-state index contributed by atoms with van der Waals surface area (Å²) in [7, 11) is 0. The van der Waals surface area contributed by atoms with Gasteiger partial charge < -0.3 is 9.26 Å². The van der Waals surface area contributed by atoms with Crippen molar-refractivity contribution in [2.45, 2.75) is 24.4 Å². The molecule has 1 saturated heterocycles. The zero-order valence-electron chi connectivity index (χ0n) is 10.9. The average molecular weight is 313 g/mol. The summed E-state index contributed by atoms with van der Waals surface area (Å²) in [5.41, 5.74) is -1.19. The van der Waals surface area contributed by atoms with Gasteiger partial charge in [0.2, 0.25) is 11.4 Å². The molecule has 21 heavy (non-hydrogen) atoms. The summed E-state index contributed by atoms with van der Waals surface area (Å²) in [5, 5.41) is 4.14. The summed E-state index contributed by atoms with van der Waals surface area (Å²) in [6, 6.07) is 6.89. The van der Waals surface area contributed by atoms with E-state index >= 15 is 0 Å². The van der Waals surface area contributed by atoms with Crippen LogP contribution in [0, 0.1) is 5.92 Å². The highest BCUT2D eigenvalue weighted by molar-refractivity contribution is 6.33. The van der Waals surface area contributed by atoms with Gasteiger partial charge in [-0.1, -0.05) is 28.9 Å². The van der Waals surface area contributed by atoms with E-state index in [0.29, 0.717) is 23.4 Å². The van der Waals surface area contributed by atoms with E-state index in [4.69, 9.17) is 20.9 Å². The van der Waals surface area contributed by atoms with Crippen molar-refractivity contribution in [2.75, 3.05) is 6.61 Å². The zero-order chi connectivity index (χ0) is 14.7. The fraction of sp³-hybridized carbons (Fsp3) is 0.429. The van der Waals surface area contributed by atoms with Crippen LogP contribution in [0.25, 0.3) is 11.5 Å². The minimum Gasteiger partial charge on any atom is -0.360 e. The summed E-state index contributed by atoms with van der Waals surface area (Å²) in [5.74, 6) is -3.77. The second kappa shape index (κ2) is 4.24. The fourth-order valence-corrected chi connectivity index (χ4v) is 3.25. The first-order chi connectivity index (χ1) is 10.1. The lowest BCUT2D eigenvalue weighted by Gasteiger charge is -2.17. The molecular weight excluding hydrogens is 302 g/mol. The van der Waals surface area contributed by atoms with E-state index in [1.807, 2.05) is 0 Å². The van der Waals surface area contributed by atoms with Crippen molar-refractivity contribution >= 4 is 11.6 Å². The Morgan fingerprint density at radius 2 is 2.10 bits per heavy atom. The van der Waals surface area contributed by atoms with Crippen LogP contribution < -0.4 is 0 Å². The molecule has 2 heterocycles. The number of alkyl halides is 2. The Kier molecular flexibility index (Phi) is 2.65. The van der Waals surface area contributed by atoms with Crippen LogP contribution in [-0.4, -0.2) is 22.7 Å². The average Bonchev–Trinajstić information content (AvgIpc) is 2.82. The molecule has 2 atom stereocenters. The van der Waals surface area contributed by atoms with Gasteiger partial charge in [0.25, 0.3) is 11.8 Å². The monoisotopic (exact) mass is 312 g/mol. The predicted molar refractivity (Wildman–Crippen MR) is 70.0 cm³/mol. The van der Waals surface area contributed by atoms with Gasteiger partial charge in [-0.2, -0.15) is 4.98 Å². The number of benzene rings is 1. The molecular formula is C14H11ClF2N2O2. The van der Waals surface area contributed by atoms with E-state index in [-0.39, 0.29) is 18.3 Å². The van der Waals surface area contributed by atoms with E-state index in [1.165, 1.54) is 0 Å². The first-order valence-corrected chi connectivity index (χ1v) is 7.06. The van der Waals surface area contributed by atoms with Crippen molar-refractivity contribution in [3.8, 4) is 11.5 Å². The van der Waals surface area contributed by atoms with Crippen LogP contribution in [0.1, 0.15) is 18.7 Å². The van der Waals surface area contributed by atoms with Gasteiger partial charge in [-0.05, 0) is 25.0 Å². The molecule has 2 unspecified atom stereocenters. The minimum atomic E-state index is -2.94. The Bertz CT molecular complexity index is 706. The third-order valence-corrected chi connectivity index (χ3v) is 4.50. The number of hydrogen-bond donors (Lipinski definition) is 0. The number of rotatable bonds is 2. The molecule has 0 radical (unpaired) electrons. The molecule has 0 spiro atoms. The van der Waals surface area contributed by atoms with Crippen molar-refractivity contribution < 1.29 is 18.0 Å². The van der Waals surface area contributed by atoms with Gasteiger partial charge in [-0.15, -0.1) is 0 Å². The smallest absolute Gasteiger partial charge is 0.290 e. The third kappa shape index (κ3) is 1.63. The van der Waals surface area contributed by atoms with E-state index < -0.39 is 17.4 Å². The predicted octanol–water partition coefficient (Wildman–Crippen LogP) is 3.66. The second-order valence-electron chi connectivity index (χ2n) is 5.30. The lowest BCUT2D eigenvalue weighted by atomic mass is 10.1. The Balaban J connectivity index is 1.74. The van der Waals surface area contributed by atoms with Gasteiger partial charge in [0.15, 0.2) is 0 Å². The highest BCUT2D eigenvalue weighted by Gasteiger charge is 2.85. The quantitative estimate of drug-likeness (QED) is 0.849. The molecule has 1 aromatic carbocycles. The topological polar surface area (TPSA) is 48.2 Å². The molecule has 7 heteroatoms. The largest absolute Gasteiger partial charge is 0.360 e. The van der Waals surface area contributed by atoms with E-state index in [2.05, 4.69) is 10.1 Å². The lowest BCUT2D eigenvalue weighted by molar-refractivity contribution is -0.0704. The van der Waals surface area contributed by atoms with Crippen LogP contribution in [0.2, 0.25) is 5.02 Å². The molecule has 0 N–H and O–H groups in total. The molecule has 1 aliphatic heterocycles. The summed E-state index contributed by atoms with van der Waals surface area (Å²) >= 11 is 6.05. The first-order valence-electron chi connectivity index (χ1n) is 6.68. The summed E-state index contributed by atoms with van der Waals surface area (Å²) in [6.45, 7) is 0.280. The maximum Gasteiger partial charge on any atom is 0.290 e. The van der Waals surface area contributed by atoms with E-state index in [1.54, 1.807) is 24.3 Å². The summed E-state index contributed by atoms with van der Waals surface area (Å²) in [4.78, 5) is 4.11. The van der Waals surface area contributed by atoms with Gasteiger partial charge >= 0.3 is 0 Å². The normalized spacial score (nSPS) is 30.0. The van der Waals surface area contributed by atoms with Crippen LogP contribution in [0.3, 0.4) is 0 Å². The molecule has 4 nitrogen and oxygen atoms in total. The maximum absolute atomic E-state index is 14.1. The van der Waals surface area contributed by atoms with Crippen molar-refractivity contribution in [1.82, 2.24) is 10.1 Å². The van der Waals surface area contributed by atoms with Gasteiger partial charge in [0.05, 0.1) is 16.5 Å². The van der Waals surface area contributed by atoms with Crippen molar-refractivity contribution in [3.63, 3.8) is 0 Å². The highest BCUT2D eigenvalue weighted by Crippen LogP contribution is 2.70. The van der Waals surface area contributed by atoms with Crippen LogP contribution in [0.4, 0.5) is 8.78 Å². The maximum atomic E-state index is 14.1. The van der Waals surface area contributed by atoms with Crippen LogP contribution in [0.15, 0.2) is 28.8 Å². The van der Waals surface area contributed by atoms with Gasteiger partial charge in [-0.3, -0.25) is 0 Å². The molecule has 2 aliphatic rings. The molecule has 0 amide bonds. The highest BCUT2D eigenvalue weighted by atomic mass is 35.5. The molecule has 2 fully saturated rings. The van der Waals surface area contributed by atoms with Crippen LogP contribution in [0.5, 0.6) is 0 Å². The lowest BCUT2D eigenvalue weighted by Crippen LogP contribution is -2.25. The molecule has 4 rings (SSSR count). The Labute approximate surface area is 124 Å². The second-order valence-corrected chi connectivity index (χ2v) is 5.71. The fourth-order valence-electron chi connectivity index (χ4n) is 3.04. The third-order valence-electron chi connectivity index (χ3n) is 4.17. The molecule has 1 aromatic heterocycles. The zero-order valence-corrected chi connectivity index (χ0v) is 11.6. The number of fused-ring (bicyclic) bond motifs is 1. The van der Waals surface area contributed by atoms with Gasteiger partial charge in [0.1, 0.15) is 0 Å². The van der Waals surface area contributed by atoms with Crippen LogP contribution in [-0.2, 0) is 10.3 Å². The molecule has 1 saturated carbocycles. The van der Waals surface area contributed by atoms with Gasteiger partial charge in [0, 0.05) is 6.61 Å². The van der Waals surface area contributed by atoms with Crippen molar-refractivity contribution in [3.05, 3.63) is 35.1 Å². The van der Waals surface area contributed by atoms with Crippen LogP contribution >= 0.6 is 11.6 Å². The molecule has 0 bridgehead atoms. The Hall–Kier alpha value is -1.53. The van der Waals surface area contributed by atoms with E-state index in [0.717, 1.165) is 0 Å². The molecule has 2 aromatic rings. The Morgan fingerprint density at radius 1 is 1.29 bits per heavy atom. The number of hydrogen-bond acceptors (Lipinski definition) is 4. The first kappa shape index (κ1) is 13.2. The SMILES string of the molecule is FC1(F)C2CCCOC21c1noc(-c2ccccc2Cl)n1. The standard InChI is InChI=1S/C14H11ClF2N2O2/c15-9-5-2-1-4-8(9)11-18-12(19-21-11)13-10(14(13,16)17)6-3-7-20-13/h1-2,4-5,10H,3,6-7H2. The minimum absolute atomic E-state index is 0.0906. The molecule has 1 aliphatic carbocycles.